The van der Waals surface area contributed by atoms with Crippen LogP contribution in [0.2, 0.25) is 0 Å². The van der Waals surface area contributed by atoms with E-state index in [9.17, 15) is 4.79 Å². The summed E-state index contributed by atoms with van der Waals surface area (Å²) in [7, 11) is 0. The summed E-state index contributed by atoms with van der Waals surface area (Å²) in [4.78, 5) is 21.4. The molecule has 0 aliphatic carbocycles. The van der Waals surface area contributed by atoms with Crippen molar-refractivity contribution in [3.63, 3.8) is 0 Å². The van der Waals surface area contributed by atoms with Crippen molar-refractivity contribution < 1.29 is 9.53 Å². The maximum absolute atomic E-state index is 10.6. The molecular weight excluding hydrogens is 284 g/mol. The Hall–Kier alpha value is -2.64. The molecule has 1 aliphatic rings. The minimum atomic E-state index is -0.706. The molecule has 2 N–H and O–H groups in total. The Morgan fingerprint density at radius 3 is 2.77 bits per heavy atom. The number of nitrogens with zero attached hydrogens (tertiary/aromatic N) is 5. The van der Waals surface area contributed by atoms with Gasteiger partial charge in [-0.2, -0.15) is 5.10 Å². The van der Waals surface area contributed by atoms with Crippen molar-refractivity contribution in [1.82, 2.24) is 19.7 Å². The summed E-state index contributed by atoms with van der Waals surface area (Å²) in [5.74, 6) is 1.99. The van der Waals surface area contributed by atoms with Crippen LogP contribution in [0, 0.1) is 5.92 Å². The number of piperidine rings is 1. The molecule has 1 aliphatic heterocycles. The Labute approximate surface area is 127 Å². The van der Waals surface area contributed by atoms with Gasteiger partial charge in [0.15, 0.2) is 5.82 Å². The van der Waals surface area contributed by atoms with Gasteiger partial charge in [-0.15, -0.1) is 0 Å². The number of carbonyl (C=O) groups excluding carboxylic acids is 1. The normalized spacial score (nSPS) is 15.7. The summed E-state index contributed by atoms with van der Waals surface area (Å²) in [5.41, 5.74) is 4.99. The van der Waals surface area contributed by atoms with Crippen molar-refractivity contribution in [2.75, 3.05) is 24.6 Å². The largest absolute Gasteiger partial charge is 0.449 e. The van der Waals surface area contributed by atoms with Gasteiger partial charge in [-0.05, 0) is 24.8 Å². The van der Waals surface area contributed by atoms with Crippen LogP contribution in [0.4, 0.5) is 10.6 Å². The van der Waals surface area contributed by atoms with Gasteiger partial charge in [-0.25, -0.2) is 19.4 Å². The molecule has 0 bridgehead atoms. The predicted octanol–water partition coefficient (Wildman–Crippen LogP) is 0.974. The van der Waals surface area contributed by atoms with Gasteiger partial charge in [-0.3, -0.25) is 0 Å². The van der Waals surface area contributed by atoms with Crippen molar-refractivity contribution in [3.8, 4) is 5.82 Å². The van der Waals surface area contributed by atoms with Gasteiger partial charge in [0.25, 0.3) is 0 Å². The predicted molar refractivity (Wildman–Crippen MR) is 79.6 cm³/mol. The number of amides is 1. The van der Waals surface area contributed by atoms with E-state index >= 15 is 0 Å². The maximum Gasteiger partial charge on any atom is 0.404 e. The Balaban J connectivity index is 1.62. The second-order valence-corrected chi connectivity index (χ2v) is 5.25. The lowest BCUT2D eigenvalue weighted by Crippen LogP contribution is -2.36. The van der Waals surface area contributed by atoms with E-state index in [1.165, 1.54) is 0 Å². The highest BCUT2D eigenvalue weighted by molar-refractivity contribution is 5.64. The van der Waals surface area contributed by atoms with E-state index in [1.54, 1.807) is 17.2 Å². The molecule has 1 amide bonds. The van der Waals surface area contributed by atoms with Crippen LogP contribution >= 0.6 is 0 Å². The highest BCUT2D eigenvalue weighted by Crippen LogP contribution is 2.22. The van der Waals surface area contributed by atoms with Crippen LogP contribution in [-0.4, -0.2) is 45.5 Å². The average Bonchev–Trinajstić information content (AvgIpc) is 3.08. The average molecular weight is 302 g/mol. The number of hydrogen-bond donors (Lipinski definition) is 1. The van der Waals surface area contributed by atoms with E-state index in [2.05, 4.69) is 20.0 Å². The van der Waals surface area contributed by atoms with Gasteiger partial charge in [0.05, 0.1) is 6.61 Å². The number of carbonyl (C=O) groups is 1. The van der Waals surface area contributed by atoms with Gasteiger partial charge < -0.3 is 15.4 Å². The lowest BCUT2D eigenvalue weighted by molar-refractivity contribution is 0.129. The summed E-state index contributed by atoms with van der Waals surface area (Å²) >= 11 is 0. The first-order valence-electron chi connectivity index (χ1n) is 7.21. The highest BCUT2D eigenvalue weighted by atomic mass is 16.5. The molecule has 2 aromatic heterocycles. The number of ether oxygens (including phenoxy) is 1. The minimum absolute atomic E-state index is 0.358. The molecule has 3 heterocycles. The van der Waals surface area contributed by atoms with E-state index in [0.29, 0.717) is 12.5 Å². The van der Waals surface area contributed by atoms with Crippen molar-refractivity contribution >= 4 is 11.9 Å². The summed E-state index contributed by atoms with van der Waals surface area (Å²) in [6.07, 6.45) is 6.28. The number of rotatable bonds is 4. The molecule has 116 valence electrons. The van der Waals surface area contributed by atoms with Crippen LogP contribution in [0.15, 0.2) is 30.9 Å². The Morgan fingerprint density at radius 1 is 1.32 bits per heavy atom. The summed E-state index contributed by atoms with van der Waals surface area (Å²) in [5, 5.41) is 4.17. The van der Waals surface area contributed by atoms with Gasteiger partial charge >= 0.3 is 6.09 Å². The van der Waals surface area contributed by atoms with Crippen molar-refractivity contribution in [1.29, 1.82) is 0 Å². The topological polar surface area (TPSA) is 99.2 Å². The lowest BCUT2D eigenvalue weighted by Gasteiger charge is -2.32. The van der Waals surface area contributed by atoms with E-state index < -0.39 is 6.09 Å². The number of hydrogen-bond acceptors (Lipinski definition) is 6. The smallest absolute Gasteiger partial charge is 0.404 e. The zero-order chi connectivity index (χ0) is 15.4. The van der Waals surface area contributed by atoms with Gasteiger partial charge in [0.1, 0.15) is 12.1 Å². The molecule has 1 fully saturated rings. The summed E-state index contributed by atoms with van der Waals surface area (Å²) in [6, 6.07) is 3.78. The quantitative estimate of drug-likeness (QED) is 0.903. The summed E-state index contributed by atoms with van der Waals surface area (Å²) in [6.45, 7) is 2.12. The third-order valence-electron chi connectivity index (χ3n) is 3.78. The molecule has 3 rings (SSSR count). The number of nitrogens with two attached hydrogens (primary N) is 1. The molecule has 0 unspecified atom stereocenters. The third-order valence-corrected chi connectivity index (χ3v) is 3.78. The van der Waals surface area contributed by atoms with Crippen LogP contribution in [0.3, 0.4) is 0 Å². The van der Waals surface area contributed by atoms with E-state index in [4.69, 9.17) is 10.5 Å². The van der Waals surface area contributed by atoms with Crippen molar-refractivity contribution in [3.05, 3.63) is 30.9 Å². The monoisotopic (exact) mass is 302 g/mol. The lowest BCUT2D eigenvalue weighted by atomic mass is 9.98. The molecule has 0 radical (unpaired) electrons. The fourth-order valence-electron chi connectivity index (χ4n) is 2.57. The Bertz CT molecular complexity index is 622. The number of primary amides is 1. The molecule has 0 atom stereocenters. The molecule has 8 heteroatoms. The van der Waals surface area contributed by atoms with E-state index in [0.717, 1.165) is 37.6 Å². The second-order valence-electron chi connectivity index (χ2n) is 5.25. The fraction of sp³-hybridized carbons (Fsp3) is 0.429. The fourth-order valence-corrected chi connectivity index (χ4v) is 2.57. The minimum Gasteiger partial charge on any atom is -0.449 e. The molecule has 22 heavy (non-hydrogen) atoms. The van der Waals surface area contributed by atoms with Gasteiger partial charge in [0.2, 0.25) is 0 Å². The van der Waals surface area contributed by atoms with Crippen molar-refractivity contribution in [2.45, 2.75) is 12.8 Å². The molecule has 0 saturated carbocycles. The second kappa shape index (κ2) is 6.42. The van der Waals surface area contributed by atoms with Crippen molar-refractivity contribution in [2.24, 2.45) is 11.7 Å². The summed E-state index contributed by atoms with van der Waals surface area (Å²) < 4.78 is 6.58. The standard InChI is InChI=1S/C14H18N6O2/c15-14(21)22-9-11-2-6-19(7-3-11)12-8-13(17-10-16-12)20-5-1-4-18-20/h1,4-5,8,10-11H,2-3,6-7,9H2,(H2,15,21). The van der Waals surface area contributed by atoms with Crippen LogP contribution in [0.25, 0.3) is 5.82 Å². The van der Waals surface area contributed by atoms with E-state index in [1.807, 2.05) is 18.3 Å². The first-order valence-corrected chi connectivity index (χ1v) is 7.21. The molecule has 0 aromatic carbocycles. The van der Waals surface area contributed by atoms with Gasteiger partial charge in [0, 0.05) is 31.5 Å². The Kier molecular flexibility index (Phi) is 4.17. The third kappa shape index (κ3) is 3.33. The molecule has 0 spiro atoms. The molecule has 8 nitrogen and oxygen atoms in total. The number of aromatic nitrogens is 4. The van der Waals surface area contributed by atoms with Crippen LogP contribution in [-0.2, 0) is 4.74 Å². The first-order chi connectivity index (χ1) is 10.7. The highest BCUT2D eigenvalue weighted by Gasteiger charge is 2.21. The Morgan fingerprint density at radius 2 is 2.09 bits per heavy atom. The van der Waals surface area contributed by atoms with Crippen LogP contribution in [0.5, 0.6) is 0 Å². The van der Waals surface area contributed by atoms with E-state index in [-0.39, 0.29) is 0 Å². The van der Waals surface area contributed by atoms with Crippen LogP contribution in [0.1, 0.15) is 12.8 Å². The zero-order valence-electron chi connectivity index (χ0n) is 12.1. The SMILES string of the molecule is NC(=O)OCC1CCN(c2cc(-n3cccn3)ncn2)CC1. The molecule has 2 aromatic rings. The maximum atomic E-state index is 10.6. The van der Waals surface area contributed by atoms with Crippen LogP contribution < -0.4 is 10.6 Å². The zero-order valence-corrected chi connectivity index (χ0v) is 12.1. The van der Waals surface area contributed by atoms with Gasteiger partial charge in [-0.1, -0.05) is 0 Å². The molecular formula is C14H18N6O2. The number of anilines is 1. The molecule has 1 saturated heterocycles. The first kappa shape index (κ1) is 14.3.